The number of rotatable bonds is 4. The number of aryl methyl sites for hydroxylation is 1. The lowest BCUT2D eigenvalue weighted by atomic mass is 10.0. The van der Waals surface area contributed by atoms with Crippen LogP contribution in [-0.4, -0.2) is 45.6 Å². The molecule has 7 nitrogen and oxygen atoms in total. The summed E-state index contributed by atoms with van der Waals surface area (Å²) < 4.78 is 1.89. The maximum Gasteiger partial charge on any atom is 0.256 e. The molecule has 0 fully saturated rings. The Hall–Kier alpha value is -3.22. The van der Waals surface area contributed by atoms with Gasteiger partial charge in [0, 0.05) is 31.0 Å². The van der Waals surface area contributed by atoms with Crippen molar-refractivity contribution in [2.24, 2.45) is 0 Å². The summed E-state index contributed by atoms with van der Waals surface area (Å²) in [6, 6.07) is 8.75. The smallest absolute Gasteiger partial charge is 0.256 e. The number of nitrogens with zero attached hydrogens (tertiary/aromatic N) is 4. The highest BCUT2D eigenvalue weighted by molar-refractivity contribution is 6.12. The number of hydrogen-bond acceptors (Lipinski definition) is 4. The highest BCUT2D eigenvalue weighted by Crippen LogP contribution is 2.29. The van der Waals surface area contributed by atoms with Crippen LogP contribution in [0.15, 0.2) is 30.3 Å². The number of aromatic nitrogens is 3. The van der Waals surface area contributed by atoms with Crippen LogP contribution in [0.4, 0.5) is 5.69 Å². The Morgan fingerprint density at radius 1 is 1.10 bits per heavy atom. The van der Waals surface area contributed by atoms with Crippen LogP contribution in [-0.2, 0) is 5.54 Å². The summed E-state index contributed by atoms with van der Waals surface area (Å²) in [7, 11) is 3.41. The molecule has 0 aliphatic rings. The van der Waals surface area contributed by atoms with E-state index in [1.54, 1.807) is 38.4 Å². The van der Waals surface area contributed by atoms with E-state index in [9.17, 15) is 9.59 Å². The minimum Gasteiger partial charge on any atom is -0.345 e. The van der Waals surface area contributed by atoms with Gasteiger partial charge in [-0.1, -0.05) is 13.8 Å². The zero-order chi connectivity index (χ0) is 23.1. The molecule has 0 spiro atoms. The number of pyridine rings is 1. The Morgan fingerprint density at radius 2 is 1.71 bits per heavy atom. The predicted molar refractivity (Wildman–Crippen MR) is 124 cm³/mol. The van der Waals surface area contributed by atoms with Gasteiger partial charge in [0.05, 0.1) is 22.2 Å². The molecule has 31 heavy (non-hydrogen) atoms. The van der Waals surface area contributed by atoms with E-state index in [0.29, 0.717) is 22.5 Å². The largest absolute Gasteiger partial charge is 0.345 e. The van der Waals surface area contributed by atoms with E-state index in [1.165, 1.54) is 4.90 Å². The number of carbonyl (C=O) groups is 2. The fraction of sp³-hybridized carbons (Fsp3) is 0.417. The normalized spacial score (nSPS) is 11.8. The molecular weight excluding hydrogens is 390 g/mol. The van der Waals surface area contributed by atoms with Crippen LogP contribution in [0.2, 0.25) is 0 Å². The van der Waals surface area contributed by atoms with Crippen LogP contribution in [0.3, 0.4) is 0 Å². The molecule has 0 saturated carbocycles. The molecule has 2 amide bonds. The molecule has 164 valence electrons. The number of carbonyl (C=O) groups excluding carboxylic acids is 2. The van der Waals surface area contributed by atoms with Gasteiger partial charge < -0.3 is 10.2 Å². The molecule has 7 heteroatoms. The lowest BCUT2D eigenvalue weighted by molar-refractivity contribution is 0.0827. The molecule has 2 aromatic heterocycles. The Kier molecular flexibility index (Phi) is 5.89. The van der Waals surface area contributed by atoms with Crippen molar-refractivity contribution in [3.63, 3.8) is 0 Å². The van der Waals surface area contributed by atoms with Crippen molar-refractivity contribution >= 4 is 28.5 Å². The quantitative estimate of drug-likeness (QED) is 0.669. The SMILES string of the molecule is Cc1nn(C(C)(C)C)c2nc(C(C)C)cc(C(=O)Nc3ccc(C(=O)N(C)C)cc3)c12. The number of anilines is 1. The van der Waals surface area contributed by atoms with E-state index in [0.717, 1.165) is 16.8 Å². The Labute approximate surface area is 183 Å². The van der Waals surface area contributed by atoms with E-state index >= 15 is 0 Å². The minimum atomic E-state index is -0.266. The van der Waals surface area contributed by atoms with Crippen molar-refractivity contribution in [1.82, 2.24) is 19.7 Å². The highest BCUT2D eigenvalue weighted by Gasteiger charge is 2.25. The maximum absolute atomic E-state index is 13.3. The monoisotopic (exact) mass is 421 g/mol. The summed E-state index contributed by atoms with van der Waals surface area (Å²) >= 11 is 0. The summed E-state index contributed by atoms with van der Waals surface area (Å²) in [6.45, 7) is 12.2. The van der Waals surface area contributed by atoms with Crippen LogP contribution < -0.4 is 5.32 Å². The molecule has 1 aromatic carbocycles. The van der Waals surface area contributed by atoms with Gasteiger partial charge in [0.2, 0.25) is 0 Å². The predicted octanol–water partition coefficient (Wildman–Crippen LogP) is 4.57. The van der Waals surface area contributed by atoms with Gasteiger partial charge in [0.1, 0.15) is 0 Å². The van der Waals surface area contributed by atoms with Crippen LogP contribution in [0.5, 0.6) is 0 Å². The molecule has 0 aliphatic carbocycles. The van der Waals surface area contributed by atoms with Crippen molar-refractivity contribution in [3.8, 4) is 0 Å². The zero-order valence-corrected chi connectivity index (χ0v) is 19.6. The molecule has 0 radical (unpaired) electrons. The standard InChI is InChI=1S/C24H31N5O2/c1-14(2)19-13-18(20-15(3)27-29(21(20)26-19)24(4,5)6)22(30)25-17-11-9-16(10-12-17)23(31)28(7)8/h9-14H,1-8H3,(H,25,30). The van der Waals surface area contributed by atoms with E-state index < -0.39 is 0 Å². The van der Waals surface area contributed by atoms with Crippen LogP contribution in [0, 0.1) is 6.92 Å². The lowest BCUT2D eigenvalue weighted by Gasteiger charge is -2.20. The topological polar surface area (TPSA) is 80.1 Å². The third-order valence-corrected chi connectivity index (χ3v) is 5.10. The molecule has 0 bridgehead atoms. The van der Waals surface area contributed by atoms with Gasteiger partial charge in [-0.2, -0.15) is 5.10 Å². The van der Waals surface area contributed by atoms with Crippen molar-refractivity contribution in [2.75, 3.05) is 19.4 Å². The van der Waals surface area contributed by atoms with E-state index in [4.69, 9.17) is 10.1 Å². The number of hydrogen-bond donors (Lipinski definition) is 1. The van der Waals surface area contributed by atoms with Gasteiger partial charge >= 0.3 is 0 Å². The number of nitrogens with one attached hydrogen (secondary N) is 1. The first-order valence-corrected chi connectivity index (χ1v) is 10.4. The second kappa shape index (κ2) is 8.13. The van der Waals surface area contributed by atoms with Gasteiger partial charge in [0.15, 0.2) is 5.65 Å². The van der Waals surface area contributed by atoms with Crippen molar-refractivity contribution in [3.05, 3.63) is 52.8 Å². The third-order valence-electron chi connectivity index (χ3n) is 5.10. The van der Waals surface area contributed by atoms with Crippen LogP contribution in [0.25, 0.3) is 11.0 Å². The zero-order valence-electron chi connectivity index (χ0n) is 19.6. The second-order valence-corrected chi connectivity index (χ2v) is 9.35. The average molecular weight is 422 g/mol. The third kappa shape index (κ3) is 4.45. The second-order valence-electron chi connectivity index (χ2n) is 9.35. The number of amides is 2. The Morgan fingerprint density at radius 3 is 2.23 bits per heavy atom. The molecule has 0 saturated heterocycles. The van der Waals surface area contributed by atoms with E-state index in [-0.39, 0.29) is 23.3 Å². The molecule has 3 aromatic rings. The summed E-state index contributed by atoms with van der Waals surface area (Å²) in [5.41, 5.74) is 3.80. The summed E-state index contributed by atoms with van der Waals surface area (Å²) in [5.74, 6) is -0.144. The van der Waals surface area contributed by atoms with Crippen LogP contribution in [0.1, 0.15) is 72.6 Å². The highest BCUT2D eigenvalue weighted by atomic mass is 16.2. The van der Waals surface area contributed by atoms with Gasteiger partial charge in [-0.25, -0.2) is 9.67 Å². The Balaban J connectivity index is 2.04. The van der Waals surface area contributed by atoms with Crippen LogP contribution >= 0.6 is 0 Å². The molecule has 0 aliphatic heterocycles. The minimum absolute atomic E-state index is 0.0829. The molecule has 2 heterocycles. The first kappa shape index (κ1) is 22.5. The summed E-state index contributed by atoms with van der Waals surface area (Å²) in [6.07, 6.45) is 0. The van der Waals surface area contributed by atoms with Crippen molar-refractivity contribution in [2.45, 2.75) is 53.0 Å². The average Bonchev–Trinajstić information content (AvgIpc) is 3.04. The first-order chi connectivity index (χ1) is 14.4. The fourth-order valence-corrected chi connectivity index (χ4v) is 3.40. The molecule has 0 atom stereocenters. The Bertz CT molecular complexity index is 1140. The number of fused-ring (bicyclic) bond motifs is 1. The van der Waals surface area contributed by atoms with Gasteiger partial charge in [-0.05, 0) is 63.9 Å². The first-order valence-electron chi connectivity index (χ1n) is 10.4. The van der Waals surface area contributed by atoms with E-state index in [2.05, 4.69) is 39.9 Å². The maximum atomic E-state index is 13.3. The van der Waals surface area contributed by atoms with Gasteiger partial charge in [0.25, 0.3) is 11.8 Å². The summed E-state index contributed by atoms with van der Waals surface area (Å²) in [5, 5.41) is 8.41. The fourth-order valence-electron chi connectivity index (χ4n) is 3.40. The summed E-state index contributed by atoms with van der Waals surface area (Å²) in [4.78, 5) is 31.7. The lowest BCUT2D eigenvalue weighted by Crippen LogP contribution is -2.24. The van der Waals surface area contributed by atoms with Gasteiger partial charge in [-0.3, -0.25) is 9.59 Å². The van der Waals surface area contributed by atoms with Crippen molar-refractivity contribution in [1.29, 1.82) is 0 Å². The van der Waals surface area contributed by atoms with Gasteiger partial charge in [-0.15, -0.1) is 0 Å². The van der Waals surface area contributed by atoms with Crippen molar-refractivity contribution < 1.29 is 9.59 Å². The molecule has 1 N–H and O–H groups in total. The van der Waals surface area contributed by atoms with E-state index in [1.807, 2.05) is 17.7 Å². The molecular formula is C24H31N5O2. The molecule has 3 rings (SSSR count). The number of benzene rings is 1. The molecule has 0 unspecified atom stereocenters.